The molecule has 0 amide bonds. The Labute approximate surface area is 194 Å². The molecule has 0 unspecified atom stereocenters. The van der Waals surface area contributed by atoms with Crippen molar-refractivity contribution in [3.8, 4) is 5.75 Å². The summed E-state index contributed by atoms with van der Waals surface area (Å²) < 4.78 is 7.59. The van der Waals surface area contributed by atoms with Crippen molar-refractivity contribution >= 4 is 22.8 Å². The molecule has 0 spiro atoms. The number of hydrogen-bond donors (Lipinski definition) is 4. The molecule has 5 N–H and O–H groups in total. The second-order valence-electron chi connectivity index (χ2n) is 8.76. The number of aliphatic hydroxyl groups is 1. The van der Waals surface area contributed by atoms with Crippen LogP contribution in [0.5, 0.6) is 5.75 Å². The first-order chi connectivity index (χ1) is 16.1. The largest absolute Gasteiger partial charge is 0.496 e. The lowest BCUT2D eigenvalue weighted by Crippen LogP contribution is -2.34. The standard InChI is InChI=1S/C24H35N7O2/c1-3-5-19(10-11-32)28-23-22-20(29-24(25)30-23)14-27-31(22)15-17-9-8-16(12-21(17)33-2)13-26-18-6-4-7-18/h8-9,12,14,18-19,26,32H,3-7,10-11,13,15H2,1-2H3,(H3,25,28,29,30)/t19-/m1/s1. The number of nitrogens with one attached hydrogen (secondary N) is 2. The highest BCUT2D eigenvalue weighted by Crippen LogP contribution is 2.27. The number of ether oxygens (including phenoxy) is 1. The molecule has 9 heteroatoms. The van der Waals surface area contributed by atoms with Crippen LogP contribution in [0.4, 0.5) is 11.8 Å². The van der Waals surface area contributed by atoms with E-state index in [1.807, 2.05) is 4.68 Å². The van der Waals surface area contributed by atoms with Gasteiger partial charge in [0.15, 0.2) is 5.82 Å². The van der Waals surface area contributed by atoms with Gasteiger partial charge >= 0.3 is 0 Å². The average molecular weight is 454 g/mol. The molecule has 2 heterocycles. The van der Waals surface area contributed by atoms with E-state index in [-0.39, 0.29) is 18.6 Å². The summed E-state index contributed by atoms with van der Waals surface area (Å²) in [5.74, 6) is 1.67. The molecule has 0 aliphatic heterocycles. The van der Waals surface area contributed by atoms with Gasteiger partial charge in [-0.2, -0.15) is 10.1 Å². The zero-order valence-corrected chi connectivity index (χ0v) is 19.5. The van der Waals surface area contributed by atoms with Crippen LogP contribution < -0.4 is 21.1 Å². The topological polar surface area (TPSA) is 123 Å². The SMILES string of the molecule is CCC[C@H](CCO)Nc1nc(N)nc2cnn(Cc3ccc(CNC4CCC4)cc3OC)c12. The Morgan fingerprint density at radius 3 is 2.82 bits per heavy atom. The summed E-state index contributed by atoms with van der Waals surface area (Å²) in [6.07, 6.45) is 8.12. The molecule has 1 fully saturated rings. The molecule has 0 radical (unpaired) electrons. The van der Waals surface area contributed by atoms with Gasteiger partial charge in [0, 0.05) is 30.8 Å². The molecule has 178 valence electrons. The quantitative estimate of drug-likeness (QED) is 0.330. The summed E-state index contributed by atoms with van der Waals surface area (Å²) in [7, 11) is 1.70. The van der Waals surface area contributed by atoms with Crippen molar-refractivity contribution in [2.24, 2.45) is 0 Å². The third-order valence-corrected chi connectivity index (χ3v) is 6.33. The summed E-state index contributed by atoms with van der Waals surface area (Å²) >= 11 is 0. The van der Waals surface area contributed by atoms with Gasteiger partial charge in [0.05, 0.1) is 19.9 Å². The Balaban J connectivity index is 1.59. The Hall–Kier alpha value is -2.91. The molecule has 1 aliphatic rings. The summed E-state index contributed by atoms with van der Waals surface area (Å²) in [5, 5.41) is 21.1. The van der Waals surface area contributed by atoms with Crippen LogP contribution in [0, 0.1) is 0 Å². The van der Waals surface area contributed by atoms with Crippen LogP contribution in [-0.2, 0) is 13.1 Å². The summed E-state index contributed by atoms with van der Waals surface area (Å²) in [5.41, 5.74) is 9.67. The Kier molecular flexibility index (Phi) is 7.61. The van der Waals surface area contributed by atoms with Crippen LogP contribution >= 0.6 is 0 Å². The highest BCUT2D eigenvalue weighted by molar-refractivity contribution is 5.86. The lowest BCUT2D eigenvalue weighted by Gasteiger charge is -2.26. The van der Waals surface area contributed by atoms with Gasteiger partial charge in [0.1, 0.15) is 16.8 Å². The van der Waals surface area contributed by atoms with Gasteiger partial charge in [-0.15, -0.1) is 0 Å². The van der Waals surface area contributed by atoms with Crippen molar-refractivity contribution in [2.45, 2.75) is 70.6 Å². The van der Waals surface area contributed by atoms with E-state index < -0.39 is 0 Å². The minimum Gasteiger partial charge on any atom is -0.496 e. The smallest absolute Gasteiger partial charge is 0.222 e. The van der Waals surface area contributed by atoms with Crippen molar-refractivity contribution in [3.63, 3.8) is 0 Å². The fourth-order valence-corrected chi connectivity index (χ4v) is 4.29. The van der Waals surface area contributed by atoms with E-state index in [2.05, 4.69) is 50.8 Å². The number of nitrogens with zero attached hydrogens (tertiary/aromatic N) is 4. The fourth-order valence-electron chi connectivity index (χ4n) is 4.29. The number of hydrogen-bond acceptors (Lipinski definition) is 8. The van der Waals surface area contributed by atoms with Gasteiger partial charge in [0.25, 0.3) is 0 Å². The minimum absolute atomic E-state index is 0.0952. The van der Waals surface area contributed by atoms with Crippen molar-refractivity contribution in [2.75, 3.05) is 24.8 Å². The molecule has 1 aromatic carbocycles. The number of nitrogens with two attached hydrogens (primary N) is 1. The van der Waals surface area contributed by atoms with E-state index in [0.29, 0.717) is 30.3 Å². The number of nitrogen functional groups attached to an aromatic ring is 1. The van der Waals surface area contributed by atoms with E-state index in [0.717, 1.165) is 36.2 Å². The maximum atomic E-state index is 9.45. The molecule has 1 atom stereocenters. The molecule has 4 rings (SSSR count). The maximum absolute atomic E-state index is 9.45. The normalized spacial score (nSPS) is 14.9. The minimum atomic E-state index is 0.0952. The zero-order valence-electron chi connectivity index (χ0n) is 19.5. The third kappa shape index (κ3) is 5.54. The molecule has 3 aromatic rings. The van der Waals surface area contributed by atoms with Gasteiger partial charge in [-0.1, -0.05) is 31.9 Å². The van der Waals surface area contributed by atoms with Crippen LogP contribution in [0.2, 0.25) is 0 Å². The molecule has 1 saturated carbocycles. The Morgan fingerprint density at radius 2 is 2.12 bits per heavy atom. The average Bonchev–Trinajstić information content (AvgIpc) is 3.16. The predicted molar refractivity (Wildman–Crippen MR) is 130 cm³/mol. The number of anilines is 2. The molecule has 0 saturated heterocycles. The van der Waals surface area contributed by atoms with Gasteiger partial charge in [-0.05, 0) is 37.3 Å². The van der Waals surface area contributed by atoms with Crippen molar-refractivity contribution < 1.29 is 9.84 Å². The second-order valence-corrected chi connectivity index (χ2v) is 8.76. The lowest BCUT2D eigenvalue weighted by atomic mass is 9.93. The van der Waals surface area contributed by atoms with E-state index in [1.165, 1.54) is 24.8 Å². The molecule has 0 bridgehead atoms. The molecule has 33 heavy (non-hydrogen) atoms. The molecule has 9 nitrogen and oxygen atoms in total. The van der Waals surface area contributed by atoms with E-state index in [9.17, 15) is 5.11 Å². The Morgan fingerprint density at radius 1 is 1.27 bits per heavy atom. The van der Waals surface area contributed by atoms with E-state index >= 15 is 0 Å². The van der Waals surface area contributed by atoms with Crippen LogP contribution in [-0.4, -0.2) is 50.7 Å². The van der Waals surface area contributed by atoms with E-state index in [4.69, 9.17) is 10.5 Å². The number of aliphatic hydroxyl groups excluding tert-OH is 1. The van der Waals surface area contributed by atoms with Crippen LogP contribution in [0.1, 0.15) is 56.6 Å². The van der Waals surface area contributed by atoms with Crippen molar-refractivity contribution in [1.29, 1.82) is 0 Å². The summed E-state index contributed by atoms with van der Waals surface area (Å²) in [4.78, 5) is 8.83. The second kappa shape index (κ2) is 10.8. The van der Waals surface area contributed by atoms with E-state index in [1.54, 1.807) is 13.3 Å². The fraction of sp³-hybridized carbons (Fsp3) is 0.542. The zero-order chi connectivity index (χ0) is 23.2. The monoisotopic (exact) mass is 453 g/mol. The molecular formula is C24H35N7O2. The molecule has 1 aliphatic carbocycles. The first kappa shape index (κ1) is 23.3. The van der Waals surface area contributed by atoms with Crippen LogP contribution in [0.25, 0.3) is 11.0 Å². The van der Waals surface area contributed by atoms with Crippen LogP contribution in [0.3, 0.4) is 0 Å². The summed E-state index contributed by atoms with van der Waals surface area (Å²) in [6.45, 7) is 3.60. The molecular weight excluding hydrogens is 418 g/mol. The highest BCUT2D eigenvalue weighted by atomic mass is 16.5. The van der Waals surface area contributed by atoms with Gasteiger partial charge < -0.3 is 26.2 Å². The van der Waals surface area contributed by atoms with Gasteiger partial charge in [0.2, 0.25) is 5.95 Å². The number of methoxy groups -OCH3 is 1. The molecule has 2 aromatic heterocycles. The summed E-state index contributed by atoms with van der Waals surface area (Å²) in [6, 6.07) is 7.08. The number of aromatic nitrogens is 4. The lowest BCUT2D eigenvalue weighted by molar-refractivity contribution is 0.276. The van der Waals surface area contributed by atoms with Gasteiger partial charge in [-0.3, -0.25) is 4.68 Å². The van der Waals surface area contributed by atoms with Crippen molar-refractivity contribution in [1.82, 2.24) is 25.1 Å². The van der Waals surface area contributed by atoms with Gasteiger partial charge in [-0.25, -0.2) is 4.98 Å². The third-order valence-electron chi connectivity index (χ3n) is 6.33. The first-order valence-electron chi connectivity index (χ1n) is 11.9. The predicted octanol–water partition coefficient (Wildman–Crippen LogP) is 3.07. The van der Waals surface area contributed by atoms with Crippen LogP contribution in [0.15, 0.2) is 24.4 Å². The van der Waals surface area contributed by atoms with Crippen molar-refractivity contribution in [3.05, 3.63) is 35.5 Å². The number of benzene rings is 1. The first-order valence-corrected chi connectivity index (χ1v) is 11.9. The maximum Gasteiger partial charge on any atom is 0.222 e. The highest BCUT2D eigenvalue weighted by Gasteiger charge is 2.18. The number of rotatable bonds is 12. The number of fused-ring (bicyclic) bond motifs is 1. The Bertz CT molecular complexity index is 1060.